The van der Waals surface area contributed by atoms with Gasteiger partial charge in [0.25, 0.3) is 0 Å². The Bertz CT molecular complexity index is 424. The molecule has 0 radical (unpaired) electrons. The molecule has 0 aromatic carbocycles. The summed E-state index contributed by atoms with van der Waals surface area (Å²) < 4.78 is 47.6. The summed E-state index contributed by atoms with van der Waals surface area (Å²) in [5.41, 5.74) is 0. The largest absolute Gasteiger partial charge is 0.459 e. The molecule has 1 aromatic heterocycles. The van der Waals surface area contributed by atoms with E-state index in [-0.39, 0.29) is 28.3 Å². The summed E-state index contributed by atoms with van der Waals surface area (Å²) in [6, 6.07) is 0. The Morgan fingerprint density at radius 1 is 1.33 bits per heavy atom. The molecule has 0 atom stereocenters. The third-order valence-electron chi connectivity index (χ3n) is 1.51. The fraction of sp³-hybridized carbons (Fsp3) is 0.500. The van der Waals surface area contributed by atoms with Gasteiger partial charge in [-0.05, 0) is 11.5 Å². The van der Waals surface area contributed by atoms with Crippen molar-refractivity contribution < 1.29 is 27.4 Å². The standard InChI is InChI=1S/C8H6Cl2F3NO3S/c9-4-5(18-14-6(4)10)7(15)17-2-1-16-3-8(11,12)13/h1-3H2. The molecule has 0 saturated heterocycles. The van der Waals surface area contributed by atoms with E-state index >= 15 is 0 Å². The van der Waals surface area contributed by atoms with Crippen LogP contribution in [-0.4, -0.2) is 36.3 Å². The Hall–Kier alpha value is -0.570. The van der Waals surface area contributed by atoms with Gasteiger partial charge in [-0.1, -0.05) is 23.2 Å². The van der Waals surface area contributed by atoms with Crippen molar-refractivity contribution in [1.29, 1.82) is 0 Å². The predicted octanol–water partition coefficient (Wildman–Crippen LogP) is 3.19. The van der Waals surface area contributed by atoms with Crippen molar-refractivity contribution in [1.82, 2.24) is 4.37 Å². The first-order valence-corrected chi connectivity index (χ1v) is 5.96. The summed E-state index contributed by atoms with van der Waals surface area (Å²) in [6.07, 6.45) is -4.40. The van der Waals surface area contributed by atoms with Crippen LogP contribution in [0.2, 0.25) is 10.2 Å². The van der Waals surface area contributed by atoms with Crippen molar-refractivity contribution in [2.24, 2.45) is 0 Å². The molecule has 1 heterocycles. The molecule has 18 heavy (non-hydrogen) atoms. The second-order valence-corrected chi connectivity index (χ2v) is 4.43. The van der Waals surface area contributed by atoms with E-state index in [1.807, 2.05) is 0 Å². The van der Waals surface area contributed by atoms with Crippen molar-refractivity contribution in [3.05, 3.63) is 15.1 Å². The van der Waals surface area contributed by atoms with Gasteiger partial charge < -0.3 is 9.47 Å². The maximum atomic E-state index is 11.7. The number of nitrogens with zero attached hydrogens (tertiary/aromatic N) is 1. The van der Waals surface area contributed by atoms with Gasteiger partial charge >= 0.3 is 12.1 Å². The Morgan fingerprint density at radius 2 is 2.00 bits per heavy atom. The van der Waals surface area contributed by atoms with Gasteiger partial charge in [0, 0.05) is 0 Å². The van der Waals surface area contributed by atoms with Crippen LogP contribution in [0.3, 0.4) is 0 Å². The van der Waals surface area contributed by atoms with Crippen LogP contribution < -0.4 is 0 Å². The molecule has 0 aliphatic carbocycles. The molecule has 1 aromatic rings. The molecule has 10 heteroatoms. The molecule has 0 aliphatic heterocycles. The Labute approximate surface area is 114 Å². The first-order chi connectivity index (χ1) is 8.31. The first-order valence-electron chi connectivity index (χ1n) is 4.43. The number of ether oxygens (including phenoxy) is 2. The lowest BCUT2D eigenvalue weighted by molar-refractivity contribution is -0.175. The summed E-state index contributed by atoms with van der Waals surface area (Å²) >= 11 is 11.9. The quantitative estimate of drug-likeness (QED) is 0.616. The summed E-state index contributed by atoms with van der Waals surface area (Å²) in [6.45, 7) is -2.08. The molecule has 0 bridgehead atoms. The maximum Gasteiger partial charge on any atom is 0.411 e. The van der Waals surface area contributed by atoms with E-state index in [4.69, 9.17) is 23.2 Å². The van der Waals surface area contributed by atoms with Gasteiger partial charge in [-0.2, -0.15) is 17.5 Å². The smallest absolute Gasteiger partial charge is 0.411 e. The number of carbonyl (C=O) groups is 1. The summed E-state index contributed by atoms with van der Waals surface area (Å²) in [5, 5.41) is -0.0650. The van der Waals surface area contributed by atoms with Crippen molar-refractivity contribution in [3.63, 3.8) is 0 Å². The van der Waals surface area contributed by atoms with Gasteiger partial charge in [0.05, 0.1) is 6.61 Å². The topological polar surface area (TPSA) is 48.4 Å². The summed E-state index contributed by atoms with van der Waals surface area (Å²) in [7, 11) is 0. The van der Waals surface area contributed by atoms with Crippen LogP contribution in [0.5, 0.6) is 0 Å². The van der Waals surface area contributed by atoms with E-state index < -0.39 is 18.8 Å². The normalized spacial score (nSPS) is 11.6. The highest BCUT2D eigenvalue weighted by Gasteiger charge is 2.27. The minimum Gasteiger partial charge on any atom is -0.459 e. The number of hydrogen-bond acceptors (Lipinski definition) is 5. The molecule has 102 valence electrons. The fourth-order valence-corrected chi connectivity index (χ4v) is 1.93. The first kappa shape index (κ1) is 15.5. The molecule has 1 rings (SSSR count). The molecular weight excluding hydrogens is 318 g/mol. The van der Waals surface area contributed by atoms with E-state index in [9.17, 15) is 18.0 Å². The van der Waals surface area contributed by atoms with Crippen molar-refractivity contribution in [3.8, 4) is 0 Å². The highest BCUT2D eigenvalue weighted by atomic mass is 35.5. The Balaban J connectivity index is 2.28. The minimum absolute atomic E-state index is 0.00233. The molecule has 0 amide bonds. The fourth-order valence-electron chi connectivity index (χ4n) is 0.833. The molecule has 0 fully saturated rings. The monoisotopic (exact) mass is 323 g/mol. The van der Waals surface area contributed by atoms with Crippen LogP contribution in [0.25, 0.3) is 0 Å². The lowest BCUT2D eigenvalue weighted by atomic mass is 10.5. The average Bonchev–Trinajstić information content (AvgIpc) is 2.57. The van der Waals surface area contributed by atoms with Crippen LogP contribution in [0.4, 0.5) is 13.2 Å². The van der Waals surface area contributed by atoms with Crippen LogP contribution in [0.1, 0.15) is 9.67 Å². The van der Waals surface area contributed by atoms with Crippen molar-refractivity contribution in [2.45, 2.75) is 6.18 Å². The molecular formula is C8H6Cl2F3NO3S. The van der Waals surface area contributed by atoms with Gasteiger partial charge in [0.2, 0.25) is 0 Å². The van der Waals surface area contributed by atoms with E-state index in [1.54, 1.807) is 0 Å². The van der Waals surface area contributed by atoms with Crippen LogP contribution in [0.15, 0.2) is 0 Å². The van der Waals surface area contributed by atoms with Crippen LogP contribution in [0, 0.1) is 0 Å². The summed E-state index contributed by atoms with van der Waals surface area (Å²) in [4.78, 5) is 11.4. The van der Waals surface area contributed by atoms with Crippen LogP contribution in [-0.2, 0) is 9.47 Å². The SMILES string of the molecule is O=C(OCCOCC(F)(F)F)c1snc(Cl)c1Cl. The maximum absolute atomic E-state index is 11.7. The zero-order chi connectivity index (χ0) is 13.8. The third kappa shape index (κ3) is 4.97. The van der Waals surface area contributed by atoms with E-state index in [1.165, 1.54) is 0 Å². The lowest BCUT2D eigenvalue weighted by Gasteiger charge is -2.07. The molecule has 0 N–H and O–H groups in total. The third-order valence-corrected chi connectivity index (χ3v) is 3.29. The summed E-state index contributed by atoms with van der Waals surface area (Å²) in [5.74, 6) is -0.806. The van der Waals surface area contributed by atoms with E-state index in [0.29, 0.717) is 0 Å². The number of alkyl halides is 3. The molecule has 0 aliphatic rings. The number of carbonyl (C=O) groups excluding carboxylic acids is 1. The highest BCUT2D eigenvalue weighted by molar-refractivity contribution is 7.09. The molecule has 4 nitrogen and oxygen atoms in total. The zero-order valence-electron chi connectivity index (χ0n) is 8.59. The van der Waals surface area contributed by atoms with E-state index in [2.05, 4.69) is 13.8 Å². The van der Waals surface area contributed by atoms with E-state index in [0.717, 1.165) is 11.5 Å². The second kappa shape index (κ2) is 6.55. The van der Waals surface area contributed by atoms with Crippen molar-refractivity contribution >= 4 is 40.7 Å². The van der Waals surface area contributed by atoms with Gasteiger partial charge in [-0.25, -0.2) is 4.79 Å². The molecule has 0 spiro atoms. The molecule has 0 unspecified atom stereocenters. The second-order valence-electron chi connectivity index (χ2n) is 2.92. The van der Waals surface area contributed by atoms with Gasteiger partial charge in [-0.3, -0.25) is 0 Å². The van der Waals surface area contributed by atoms with Crippen molar-refractivity contribution in [2.75, 3.05) is 19.8 Å². The number of aromatic nitrogens is 1. The number of hydrogen-bond donors (Lipinski definition) is 0. The Kier molecular flexibility index (Phi) is 5.64. The minimum atomic E-state index is -4.40. The molecule has 0 saturated carbocycles. The number of rotatable bonds is 5. The average molecular weight is 324 g/mol. The van der Waals surface area contributed by atoms with Gasteiger partial charge in [0.15, 0.2) is 10.0 Å². The zero-order valence-corrected chi connectivity index (χ0v) is 10.9. The predicted molar refractivity (Wildman–Crippen MR) is 59.3 cm³/mol. The van der Waals surface area contributed by atoms with Gasteiger partial charge in [0.1, 0.15) is 18.2 Å². The highest BCUT2D eigenvalue weighted by Crippen LogP contribution is 2.28. The lowest BCUT2D eigenvalue weighted by Crippen LogP contribution is -2.19. The number of esters is 1. The number of halogens is 5. The van der Waals surface area contributed by atoms with Gasteiger partial charge in [-0.15, -0.1) is 0 Å². The Morgan fingerprint density at radius 3 is 2.50 bits per heavy atom. The van der Waals surface area contributed by atoms with Crippen LogP contribution >= 0.6 is 34.7 Å².